The second-order valence-electron chi connectivity index (χ2n) is 6.34. The molecule has 0 aliphatic carbocycles. The second kappa shape index (κ2) is 7.07. The lowest BCUT2D eigenvalue weighted by atomic mass is 9.84. The third kappa shape index (κ3) is 3.56. The Bertz CT molecular complexity index is 772. The molecule has 5 nitrogen and oxygen atoms in total. The van der Waals surface area contributed by atoms with Gasteiger partial charge in [0.15, 0.2) is 0 Å². The number of ether oxygens (including phenoxy) is 2. The van der Waals surface area contributed by atoms with E-state index in [0.29, 0.717) is 18.5 Å². The highest BCUT2D eigenvalue weighted by Gasteiger charge is 2.40. The minimum atomic E-state index is -0.799. The molecule has 0 unspecified atom stereocenters. The van der Waals surface area contributed by atoms with Gasteiger partial charge in [0.25, 0.3) is 0 Å². The number of methoxy groups -OCH3 is 1. The molecule has 2 aromatic rings. The van der Waals surface area contributed by atoms with Gasteiger partial charge in [0.2, 0.25) is 6.41 Å². The maximum atomic E-state index is 12.4. The second-order valence-corrected chi connectivity index (χ2v) is 6.34. The number of anilines is 1. The largest absolute Gasteiger partial charge is 0.497 e. The number of nitrogens with one attached hydrogen (secondary N) is 1. The highest BCUT2D eigenvalue weighted by Crippen LogP contribution is 2.44. The van der Waals surface area contributed by atoms with Gasteiger partial charge in [-0.3, -0.25) is 9.59 Å². The third-order valence-corrected chi connectivity index (χ3v) is 4.55. The Hall–Kier alpha value is -2.66. The van der Waals surface area contributed by atoms with Crippen molar-refractivity contribution < 1.29 is 19.1 Å². The van der Waals surface area contributed by atoms with Gasteiger partial charge in [0.1, 0.15) is 17.1 Å². The van der Waals surface area contributed by atoms with E-state index in [4.69, 9.17) is 9.47 Å². The summed E-state index contributed by atoms with van der Waals surface area (Å²) in [6.07, 6.45) is 0.914. The van der Waals surface area contributed by atoms with E-state index in [1.807, 2.05) is 49.4 Å². The maximum Gasteiger partial charge on any atom is 0.211 e. The van der Waals surface area contributed by atoms with Crippen LogP contribution in [0.4, 0.5) is 5.69 Å². The van der Waals surface area contributed by atoms with Crippen LogP contribution in [0.25, 0.3) is 0 Å². The van der Waals surface area contributed by atoms with Crippen LogP contribution in [-0.4, -0.2) is 19.3 Å². The summed E-state index contributed by atoms with van der Waals surface area (Å²) in [6, 6.07) is 14.9. The van der Waals surface area contributed by atoms with Crippen LogP contribution in [0.1, 0.15) is 37.0 Å². The number of ketones is 1. The number of benzene rings is 2. The molecule has 1 aliphatic rings. The Morgan fingerprint density at radius 1 is 1.20 bits per heavy atom. The number of carbonyl (C=O) groups excluding carboxylic acids is 2. The molecule has 130 valence electrons. The van der Waals surface area contributed by atoms with Crippen LogP contribution in [0, 0.1) is 0 Å². The van der Waals surface area contributed by atoms with Crippen molar-refractivity contribution in [3.8, 4) is 5.75 Å². The summed E-state index contributed by atoms with van der Waals surface area (Å²) in [5.41, 5.74) is 1.59. The van der Waals surface area contributed by atoms with Crippen molar-refractivity contribution in [3.05, 3.63) is 59.7 Å². The predicted octanol–water partition coefficient (Wildman–Crippen LogP) is 3.60. The first-order chi connectivity index (χ1) is 12.1. The summed E-state index contributed by atoms with van der Waals surface area (Å²) in [5, 5.41) is 2.69. The average Bonchev–Trinajstić information content (AvgIpc) is 2.62. The van der Waals surface area contributed by atoms with Gasteiger partial charge in [0, 0.05) is 24.1 Å². The first-order valence-corrected chi connectivity index (χ1v) is 8.19. The molecule has 1 amide bonds. The molecule has 1 fully saturated rings. The standard InChI is InChI=1S/C20H21NO4/c1-20(17-5-3-4-6-18(17)21-13-22)12-15(23)11-19(25-20)14-7-9-16(24-2)10-8-14/h3-10,13,19H,11-12H2,1-2H3,(H,21,22)/t19-,20+/m1/s1. The van der Waals surface area contributed by atoms with Crippen molar-refractivity contribution in [1.29, 1.82) is 0 Å². The van der Waals surface area contributed by atoms with E-state index in [1.165, 1.54) is 0 Å². The Balaban J connectivity index is 1.93. The molecule has 25 heavy (non-hydrogen) atoms. The van der Waals surface area contributed by atoms with Gasteiger partial charge in [-0.25, -0.2) is 0 Å². The van der Waals surface area contributed by atoms with E-state index in [0.717, 1.165) is 16.9 Å². The Kier molecular flexibility index (Phi) is 4.86. The van der Waals surface area contributed by atoms with Crippen molar-refractivity contribution in [3.63, 3.8) is 0 Å². The summed E-state index contributed by atoms with van der Waals surface area (Å²) < 4.78 is 11.5. The van der Waals surface area contributed by atoms with Crippen LogP contribution in [0.5, 0.6) is 5.75 Å². The van der Waals surface area contributed by atoms with Crippen molar-refractivity contribution in [2.45, 2.75) is 31.5 Å². The zero-order valence-electron chi connectivity index (χ0n) is 14.3. The van der Waals surface area contributed by atoms with E-state index >= 15 is 0 Å². The van der Waals surface area contributed by atoms with Gasteiger partial charge in [-0.05, 0) is 30.7 Å². The molecular weight excluding hydrogens is 318 g/mol. The van der Waals surface area contributed by atoms with Crippen LogP contribution in [0.2, 0.25) is 0 Å². The first kappa shape index (κ1) is 17.2. The summed E-state index contributed by atoms with van der Waals surface area (Å²) in [5.74, 6) is 0.893. The number of carbonyl (C=O) groups is 2. The lowest BCUT2D eigenvalue weighted by Crippen LogP contribution is -2.37. The highest BCUT2D eigenvalue weighted by atomic mass is 16.5. The minimum Gasteiger partial charge on any atom is -0.497 e. The molecule has 2 aromatic carbocycles. The summed E-state index contributed by atoms with van der Waals surface area (Å²) >= 11 is 0. The average molecular weight is 339 g/mol. The van der Waals surface area contributed by atoms with Gasteiger partial charge >= 0.3 is 0 Å². The molecule has 0 saturated carbocycles. The minimum absolute atomic E-state index is 0.135. The molecule has 3 rings (SSSR count). The predicted molar refractivity (Wildman–Crippen MR) is 94.5 cm³/mol. The van der Waals surface area contributed by atoms with Crippen LogP contribution in [0.3, 0.4) is 0 Å². The molecule has 1 heterocycles. The van der Waals surface area contributed by atoms with E-state index in [2.05, 4.69) is 5.32 Å². The Morgan fingerprint density at radius 2 is 1.92 bits per heavy atom. The van der Waals surface area contributed by atoms with Crippen molar-refractivity contribution in [2.75, 3.05) is 12.4 Å². The SMILES string of the molecule is COc1ccc([C@H]2CC(=O)C[C@@](C)(c3ccccc3NC=O)O2)cc1. The van der Waals surface area contributed by atoms with Crippen LogP contribution < -0.4 is 10.1 Å². The normalized spacial score (nSPS) is 23.1. The fourth-order valence-electron chi connectivity index (χ4n) is 3.35. The van der Waals surface area contributed by atoms with E-state index in [9.17, 15) is 9.59 Å². The summed E-state index contributed by atoms with van der Waals surface area (Å²) in [7, 11) is 1.61. The van der Waals surface area contributed by atoms with Crippen molar-refractivity contribution >= 4 is 17.9 Å². The lowest BCUT2D eigenvalue weighted by Gasteiger charge is -2.39. The molecule has 1 N–H and O–H groups in total. The van der Waals surface area contributed by atoms with Gasteiger partial charge in [-0.15, -0.1) is 0 Å². The fourth-order valence-corrected chi connectivity index (χ4v) is 3.35. The van der Waals surface area contributed by atoms with Gasteiger partial charge in [-0.2, -0.15) is 0 Å². The molecule has 0 spiro atoms. The zero-order valence-corrected chi connectivity index (χ0v) is 14.3. The molecule has 5 heteroatoms. The number of amides is 1. The number of rotatable bonds is 5. The lowest BCUT2D eigenvalue weighted by molar-refractivity contribution is -0.155. The van der Waals surface area contributed by atoms with Gasteiger partial charge in [-0.1, -0.05) is 30.3 Å². The smallest absolute Gasteiger partial charge is 0.211 e. The topological polar surface area (TPSA) is 64.6 Å². The van der Waals surface area contributed by atoms with Gasteiger partial charge in [0.05, 0.1) is 13.2 Å². The molecule has 1 saturated heterocycles. The quantitative estimate of drug-likeness (QED) is 0.846. The van der Waals surface area contributed by atoms with Crippen LogP contribution in [-0.2, 0) is 19.9 Å². The molecule has 0 bridgehead atoms. The number of para-hydroxylation sites is 1. The van der Waals surface area contributed by atoms with Crippen molar-refractivity contribution in [1.82, 2.24) is 0 Å². The maximum absolute atomic E-state index is 12.4. The van der Waals surface area contributed by atoms with E-state index in [-0.39, 0.29) is 18.3 Å². The monoisotopic (exact) mass is 339 g/mol. The molecule has 0 aromatic heterocycles. The van der Waals surface area contributed by atoms with Crippen LogP contribution >= 0.6 is 0 Å². The Labute approximate surface area is 147 Å². The van der Waals surface area contributed by atoms with Crippen molar-refractivity contribution in [2.24, 2.45) is 0 Å². The summed E-state index contributed by atoms with van der Waals surface area (Å²) in [6.45, 7) is 1.89. The first-order valence-electron chi connectivity index (χ1n) is 8.19. The van der Waals surface area contributed by atoms with E-state index < -0.39 is 5.60 Å². The molecule has 1 aliphatic heterocycles. The van der Waals surface area contributed by atoms with Crippen LogP contribution in [0.15, 0.2) is 48.5 Å². The number of Topliss-reactive ketones (excluding diaryl/α,β-unsaturated/α-hetero) is 1. The molecule has 0 radical (unpaired) electrons. The zero-order chi connectivity index (χ0) is 17.9. The van der Waals surface area contributed by atoms with Gasteiger partial charge < -0.3 is 14.8 Å². The number of hydrogen-bond acceptors (Lipinski definition) is 4. The van der Waals surface area contributed by atoms with E-state index in [1.54, 1.807) is 13.2 Å². The molecule has 2 atom stereocenters. The summed E-state index contributed by atoms with van der Waals surface area (Å²) in [4.78, 5) is 23.3. The molecular formula is C20H21NO4. The number of hydrogen-bond donors (Lipinski definition) is 1. The third-order valence-electron chi connectivity index (χ3n) is 4.55. The fraction of sp³-hybridized carbons (Fsp3) is 0.300. The Morgan fingerprint density at radius 3 is 2.60 bits per heavy atom. The highest BCUT2D eigenvalue weighted by molar-refractivity contribution is 5.82.